The summed E-state index contributed by atoms with van der Waals surface area (Å²) in [6.07, 6.45) is 6.80. The monoisotopic (exact) mass is 351 g/mol. The van der Waals surface area contributed by atoms with Crippen LogP contribution in [0.5, 0.6) is 0 Å². The molecule has 3 rings (SSSR count). The number of aromatic nitrogens is 1. The van der Waals surface area contributed by atoms with Crippen LogP contribution in [0, 0.1) is 6.92 Å². The number of carbonyl (C=O) groups excluding carboxylic acids is 1. The molecule has 1 aromatic heterocycles. The van der Waals surface area contributed by atoms with Gasteiger partial charge in [-0.25, -0.2) is 4.98 Å². The van der Waals surface area contributed by atoms with E-state index in [-0.39, 0.29) is 5.91 Å². The Morgan fingerprint density at radius 2 is 2.08 bits per heavy atom. The Kier molecular flexibility index (Phi) is 5.92. The van der Waals surface area contributed by atoms with E-state index in [1.165, 1.54) is 19.3 Å². The fourth-order valence-corrected chi connectivity index (χ4v) is 3.82. The molecule has 2 heterocycles. The molecule has 0 radical (unpaired) electrons. The first-order valence-electron chi connectivity index (χ1n) is 9.75. The predicted octanol–water partition coefficient (Wildman–Crippen LogP) is 4.83. The van der Waals surface area contributed by atoms with E-state index < -0.39 is 0 Å². The van der Waals surface area contributed by atoms with Crippen LogP contribution < -0.4 is 9.80 Å². The van der Waals surface area contributed by atoms with Crippen LogP contribution in [0.2, 0.25) is 0 Å². The minimum atomic E-state index is -0.0460. The smallest absolute Gasteiger partial charge is 0.276 e. The molecule has 0 aliphatic carbocycles. The minimum absolute atomic E-state index is 0.0460. The number of anilines is 2. The number of hydrogen-bond donors (Lipinski definition) is 0. The van der Waals surface area contributed by atoms with E-state index in [4.69, 9.17) is 0 Å². The van der Waals surface area contributed by atoms with Gasteiger partial charge in [-0.1, -0.05) is 19.1 Å². The molecule has 0 saturated carbocycles. The van der Waals surface area contributed by atoms with Gasteiger partial charge in [-0.2, -0.15) is 0 Å². The Morgan fingerprint density at radius 1 is 1.23 bits per heavy atom. The Labute approximate surface area is 156 Å². The zero-order valence-corrected chi connectivity index (χ0v) is 16.1. The van der Waals surface area contributed by atoms with E-state index in [2.05, 4.69) is 22.9 Å². The molecule has 26 heavy (non-hydrogen) atoms. The van der Waals surface area contributed by atoms with Crippen molar-refractivity contribution in [1.82, 2.24) is 4.98 Å². The van der Waals surface area contributed by atoms with E-state index >= 15 is 0 Å². The first kappa shape index (κ1) is 18.4. The lowest BCUT2D eigenvalue weighted by Gasteiger charge is -2.37. The van der Waals surface area contributed by atoms with Crippen molar-refractivity contribution in [3.63, 3.8) is 0 Å². The van der Waals surface area contributed by atoms with Gasteiger partial charge in [0, 0.05) is 24.8 Å². The van der Waals surface area contributed by atoms with Crippen LogP contribution in [0.25, 0.3) is 0 Å². The van der Waals surface area contributed by atoms with Crippen LogP contribution in [0.4, 0.5) is 11.4 Å². The van der Waals surface area contributed by atoms with Gasteiger partial charge in [0.15, 0.2) is 0 Å². The number of piperidine rings is 1. The van der Waals surface area contributed by atoms with E-state index in [9.17, 15) is 4.79 Å². The second-order valence-electron chi connectivity index (χ2n) is 7.04. The third-order valence-electron chi connectivity index (χ3n) is 5.27. The van der Waals surface area contributed by atoms with Crippen molar-refractivity contribution in [3.05, 3.63) is 53.9 Å². The topological polar surface area (TPSA) is 36.4 Å². The Balaban J connectivity index is 1.79. The van der Waals surface area contributed by atoms with Gasteiger partial charge in [0.1, 0.15) is 5.69 Å². The van der Waals surface area contributed by atoms with Gasteiger partial charge in [0.25, 0.3) is 5.91 Å². The predicted molar refractivity (Wildman–Crippen MR) is 108 cm³/mol. The number of pyridine rings is 1. The van der Waals surface area contributed by atoms with Crippen molar-refractivity contribution >= 4 is 17.3 Å². The summed E-state index contributed by atoms with van der Waals surface area (Å²) in [5.41, 5.74) is 3.70. The summed E-state index contributed by atoms with van der Waals surface area (Å²) in [5, 5.41) is 0. The standard InChI is InChI=1S/C22H29N3O/c1-4-18-10-6-7-14-25(18)20-12-13-21(23-16-20)22(26)24(5-2)19-11-8-9-17(3)15-19/h8-9,11-13,15-16,18H,4-7,10,14H2,1-3H3. The molecule has 1 amide bonds. The molecule has 1 atom stereocenters. The van der Waals surface area contributed by atoms with Crippen LogP contribution >= 0.6 is 0 Å². The number of hydrogen-bond acceptors (Lipinski definition) is 3. The molecular weight excluding hydrogens is 322 g/mol. The molecule has 4 heteroatoms. The summed E-state index contributed by atoms with van der Waals surface area (Å²) in [6, 6.07) is 12.6. The van der Waals surface area contributed by atoms with Gasteiger partial charge in [-0.3, -0.25) is 4.79 Å². The Morgan fingerprint density at radius 3 is 2.73 bits per heavy atom. The molecular formula is C22H29N3O. The molecule has 0 bridgehead atoms. The second-order valence-corrected chi connectivity index (χ2v) is 7.04. The number of carbonyl (C=O) groups is 1. The van der Waals surface area contributed by atoms with Crippen molar-refractivity contribution < 1.29 is 4.79 Å². The van der Waals surface area contributed by atoms with E-state index in [1.54, 1.807) is 4.90 Å². The van der Waals surface area contributed by atoms with E-state index in [1.807, 2.05) is 50.4 Å². The second kappa shape index (κ2) is 8.35. The van der Waals surface area contributed by atoms with Crippen LogP contribution in [-0.2, 0) is 0 Å². The van der Waals surface area contributed by atoms with Gasteiger partial charge >= 0.3 is 0 Å². The van der Waals surface area contributed by atoms with Crippen molar-refractivity contribution in [1.29, 1.82) is 0 Å². The molecule has 138 valence electrons. The summed E-state index contributed by atoms with van der Waals surface area (Å²) in [5.74, 6) is -0.0460. The highest BCUT2D eigenvalue weighted by molar-refractivity contribution is 6.04. The molecule has 0 spiro atoms. The average molecular weight is 351 g/mol. The van der Waals surface area contributed by atoms with Gasteiger partial charge in [0.2, 0.25) is 0 Å². The van der Waals surface area contributed by atoms with Gasteiger partial charge < -0.3 is 9.80 Å². The first-order valence-corrected chi connectivity index (χ1v) is 9.75. The zero-order chi connectivity index (χ0) is 18.5. The fourth-order valence-electron chi connectivity index (χ4n) is 3.82. The lowest BCUT2D eigenvalue weighted by atomic mass is 9.99. The molecule has 1 saturated heterocycles. The lowest BCUT2D eigenvalue weighted by molar-refractivity contribution is 0.0983. The Hall–Kier alpha value is -2.36. The third-order valence-corrected chi connectivity index (χ3v) is 5.27. The summed E-state index contributed by atoms with van der Waals surface area (Å²) >= 11 is 0. The van der Waals surface area contributed by atoms with Gasteiger partial charge in [-0.05, 0) is 69.4 Å². The average Bonchev–Trinajstić information content (AvgIpc) is 2.68. The molecule has 1 aliphatic heterocycles. The van der Waals surface area contributed by atoms with Gasteiger partial charge in [-0.15, -0.1) is 0 Å². The maximum Gasteiger partial charge on any atom is 0.276 e. The first-order chi connectivity index (χ1) is 12.6. The van der Waals surface area contributed by atoms with Crippen molar-refractivity contribution in [2.45, 2.75) is 52.5 Å². The van der Waals surface area contributed by atoms with E-state index in [0.29, 0.717) is 18.3 Å². The maximum atomic E-state index is 12.9. The molecule has 1 aromatic carbocycles. The van der Waals surface area contributed by atoms with Crippen molar-refractivity contribution in [2.24, 2.45) is 0 Å². The molecule has 4 nitrogen and oxygen atoms in total. The number of nitrogens with zero attached hydrogens (tertiary/aromatic N) is 3. The highest BCUT2D eigenvalue weighted by Crippen LogP contribution is 2.26. The lowest BCUT2D eigenvalue weighted by Crippen LogP contribution is -2.39. The van der Waals surface area contributed by atoms with Crippen LogP contribution in [-0.4, -0.2) is 30.0 Å². The molecule has 2 aromatic rings. The molecule has 1 aliphatic rings. The SMILES string of the molecule is CCC1CCCCN1c1ccc(C(=O)N(CC)c2cccc(C)c2)nc1. The largest absolute Gasteiger partial charge is 0.367 e. The number of benzene rings is 1. The normalized spacial score (nSPS) is 17.2. The molecule has 1 unspecified atom stereocenters. The zero-order valence-electron chi connectivity index (χ0n) is 16.1. The number of aryl methyl sites for hydroxylation is 1. The maximum absolute atomic E-state index is 12.9. The summed E-state index contributed by atoms with van der Waals surface area (Å²) in [6.45, 7) is 7.98. The number of rotatable bonds is 5. The summed E-state index contributed by atoms with van der Waals surface area (Å²) < 4.78 is 0. The quantitative estimate of drug-likeness (QED) is 0.774. The summed E-state index contributed by atoms with van der Waals surface area (Å²) in [4.78, 5) is 21.7. The van der Waals surface area contributed by atoms with Crippen LogP contribution in [0.1, 0.15) is 55.6 Å². The van der Waals surface area contributed by atoms with Crippen LogP contribution in [0.3, 0.4) is 0 Å². The van der Waals surface area contributed by atoms with Crippen molar-refractivity contribution in [2.75, 3.05) is 22.9 Å². The highest BCUT2D eigenvalue weighted by Gasteiger charge is 2.22. The highest BCUT2D eigenvalue weighted by atomic mass is 16.2. The summed E-state index contributed by atoms with van der Waals surface area (Å²) in [7, 11) is 0. The van der Waals surface area contributed by atoms with E-state index in [0.717, 1.165) is 29.9 Å². The Bertz CT molecular complexity index is 741. The minimum Gasteiger partial charge on any atom is -0.367 e. The number of amides is 1. The molecule has 0 N–H and O–H groups in total. The third kappa shape index (κ3) is 3.90. The van der Waals surface area contributed by atoms with Crippen molar-refractivity contribution in [3.8, 4) is 0 Å². The molecule has 1 fully saturated rings. The fraction of sp³-hybridized carbons (Fsp3) is 0.455. The van der Waals surface area contributed by atoms with Gasteiger partial charge in [0.05, 0.1) is 11.9 Å². The van der Waals surface area contributed by atoms with Crippen LogP contribution in [0.15, 0.2) is 42.6 Å².